The Kier molecular flexibility index (Phi) is 5.29. The van der Waals surface area contributed by atoms with Crippen LogP contribution in [0.25, 0.3) is 0 Å². The molecule has 9 heteroatoms. The topological polar surface area (TPSA) is 64.4 Å². The van der Waals surface area contributed by atoms with Crippen molar-refractivity contribution in [1.29, 1.82) is 0 Å². The predicted molar refractivity (Wildman–Crippen MR) is 96.8 cm³/mol. The van der Waals surface area contributed by atoms with Gasteiger partial charge in [-0.15, -0.1) is 0 Å². The van der Waals surface area contributed by atoms with Crippen molar-refractivity contribution in [2.45, 2.75) is 30.9 Å². The van der Waals surface area contributed by atoms with E-state index in [4.69, 9.17) is 27.9 Å². The molecule has 3 rings (SSSR count). The number of nitrogens with zero attached hydrogens (tertiary/aromatic N) is 3. The van der Waals surface area contributed by atoms with E-state index < -0.39 is 10.0 Å². The Hall–Kier alpha value is -1.28. The number of sulfonamides is 1. The van der Waals surface area contributed by atoms with E-state index in [2.05, 4.69) is 5.10 Å². The molecule has 1 fully saturated rings. The van der Waals surface area contributed by atoms with Gasteiger partial charge in [0.2, 0.25) is 0 Å². The number of benzene rings is 1. The molecule has 1 saturated heterocycles. The first-order valence-electron chi connectivity index (χ1n) is 7.89. The Bertz CT molecular complexity index is 855. The van der Waals surface area contributed by atoms with Gasteiger partial charge in [0.1, 0.15) is 11.9 Å². The number of piperidine rings is 1. The summed E-state index contributed by atoms with van der Waals surface area (Å²) < 4.78 is 34.5. The van der Waals surface area contributed by atoms with Crippen LogP contribution in [0.3, 0.4) is 0 Å². The van der Waals surface area contributed by atoms with Crippen LogP contribution in [0.5, 0.6) is 5.75 Å². The van der Waals surface area contributed by atoms with Gasteiger partial charge in [0.05, 0.1) is 11.2 Å². The molecule has 0 amide bonds. The molecule has 0 bridgehead atoms. The van der Waals surface area contributed by atoms with Crippen LogP contribution in [-0.4, -0.2) is 41.7 Å². The van der Waals surface area contributed by atoms with E-state index in [-0.39, 0.29) is 11.1 Å². The first-order valence-corrected chi connectivity index (χ1v) is 10.1. The molecule has 0 saturated carbocycles. The molecule has 1 aliphatic rings. The number of halogens is 2. The van der Waals surface area contributed by atoms with E-state index in [0.29, 0.717) is 47.3 Å². The lowest BCUT2D eigenvalue weighted by Crippen LogP contribution is -2.42. The standard InChI is InChI=1S/C16H19Cl2N3O3S/c1-11-10-19-20(2)16(11)25(22,23)21-7-5-13(6-8-21)24-15-4-3-12(17)9-14(15)18/h3-4,9-10,13H,5-8H2,1-2H3. The Morgan fingerprint density at radius 1 is 1.24 bits per heavy atom. The summed E-state index contributed by atoms with van der Waals surface area (Å²) in [5.74, 6) is 0.565. The highest BCUT2D eigenvalue weighted by molar-refractivity contribution is 7.89. The lowest BCUT2D eigenvalue weighted by Gasteiger charge is -2.31. The highest BCUT2D eigenvalue weighted by Crippen LogP contribution is 2.31. The van der Waals surface area contributed by atoms with Crippen LogP contribution in [0.1, 0.15) is 18.4 Å². The maximum Gasteiger partial charge on any atom is 0.260 e. The van der Waals surface area contributed by atoms with Crippen LogP contribution >= 0.6 is 23.2 Å². The summed E-state index contributed by atoms with van der Waals surface area (Å²) in [6.45, 7) is 2.53. The van der Waals surface area contributed by atoms with Crippen molar-refractivity contribution in [2.24, 2.45) is 7.05 Å². The molecule has 0 N–H and O–H groups in total. The third kappa shape index (κ3) is 3.79. The average molecular weight is 404 g/mol. The van der Waals surface area contributed by atoms with Crippen molar-refractivity contribution < 1.29 is 13.2 Å². The SMILES string of the molecule is Cc1cnn(C)c1S(=O)(=O)N1CCC(Oc2ccc(Cl)cc2Cl)CC1. The van der Waals surface area contributed by atoms with Gasteiger partial charge in [-0.1, -0.05) is 23.2 Å². The van der Waals surface area contributed by atoms with Crippen LogP contribution in [0.4, 0.5) is 0 Å². The average Bonchev–Trinajstić information content (AvgIpc) is 2.90. The van der Waals surface area contributed by atoms with Crippen molar-refractivity contribution in [3.8, 4) is 5.75 Å². The van der Waals surface area contributed by atoms with Crippen molar-refractivity contribution in [3.63, 3.8) is 0 Å². The molecular formula is C16H19Cl2N3O3S. The minimum atomic E-state index is -3.56. The zero-order valence-corrected chi connectivity index (χ0v) is 16.3. The molecule has 0 atom stereocenters. The summed E-state index contributed by atoms with van der Waals surface area (Å²) >= 11 is 12.0. The van der Waals surface area contributed by atoms with Crippen molar-refractivity contribution >= 4 is 33.2 Å². The van der Waals surface area contributed by atoms with Crippen LogP contribution in [0.2, 0.25) is 10.0 Å². The van der Waals surface area contributed by atoms with Gasteiger partial charge in [-0.3, -0.25) is 4.68 Å². The van der Waals surface area contributed by atoms with Gasteiger partial charge in [0, 0.05) is 30.7 Å². The molecule has 0 unspecified atom stereocenters. The number of aryl methyl sites for hydroxylation is 2. The number of ether oxygens (including phenoxy) is 1. The van der Waals surface area contributed by atoms with Gasteiger partial charge < -0.3 is 4.74 Å². The Balaban J connectivity index is 1.67. The quantitative estimate of drug-likeness (QED) is 0.785. The zero-order chi connectivity index (χ0) is 18.2. The minimum absolute atomic E-state index is 0.0854. The van der Waals surface area contributed by atoms with Crippen LogP contribution in [-0.2, 0) is 17.1 Å². The summed E-state index contributed by atoms with van der Waals surface area (Å²) in [5, 5.41) is 5.27. The van der Waals surface area contributed by atoms with E-state index in [1.807, 2.05) is 0 Å². The van der Waals surface area contributed by atoms with Gasteiger partial charge in [0.25, 0.3) is 10.0 Å². The second-order valence-corrected chi connectivity index (χ2v) is 8.75. The number of aromatic nitrogens is 2. The van der Waals surface area contributed by atoms with Gasteiger partial charge in [-0.2, -0.15) is 9.40 Å². The fourth-order valence-corrected chi connectivity index (χ4v) is 5.20. The van der Waals surface area contributed by atoms with Crippen molar-refractivity contribution in [1.82, 2.24) is 14.1 Å². The Labute approximate surface area is 157 Å². The van der Waals surface area contributed by atoms with Crippen molar-refractivity contribution in [2.75, 3.05) is 13.1 Å². The second kappa shape index (κ2) is 7.15. The molecule has 2 aromatic rings. The van der Waals surface area contributed by atoms with Gasteiger partial charge >= 0.3 is 0 Å². The molecule has 2 heterocycles. The van der Waals surface area contributed by atoms with Crippen LogP contribution < -0.4 is 4.74 Å². The highest BCUT2D eigenvalue weighted by Gasteiger charge is 2.33. The molecule has 1 aromatic heterocycles. The molecule has 6 nitrogen and oxygen atoms in total. The Morgan fingerprint density at radius 2 is 1.92 bits per heavy atom. The second-order valence-electron chi connectivity index (χ2n) is 6.05. The third-order valence-electron chi connectivity index (χ3n) is 4.23. The maximum absolute atomic E-state index is 12.8. The monoisotopic (exact) mass is 403 g/mol. The van der Waals surface area contributed by atoms with E-state index in [1.54, 1.807) is 38.4 Å². The van der Waals surface area contributed by atoms with Crippen LogP contribution in [0, 0.1) is 6.92 Å². The molecule has 0 spiro atoms. The number of hydrogen-bond donors (Lipinski definition) is 0. The van der Waals surface area contributed by atoms with Gasteiger partial charge in [-0.05, 0) is 38.0 Å². The zero-order valence-electron chi connectivity index (χ0n) is 13.9. The highest BCUT2D eigenvalue weighted by atomic mass is 35.5. The summed E-state index contributed by atoms with van der Waals surface area (Å²) in [5.41, 5.74) is 0.647. The smallest absolute Gasteiger partial charge is 0.260 e. The van der Waals surface area contributed by atoms with Crippen molar-refractivity contribution in [3.05, 3.63) is 40.0 Å². The molecule has 1 aliphatic heterocycles. The summed E-state index contributed by atoms with van der Waals surface area (Å²) in [4.78, 5) is 0. The molecule has 25 heavy (non-hydrogen) atoms. The van der Waals surface area contributed by atoms with E-state index in [1.165, 1.54) is 8.99 Å². The van der Waals surface area contributed by atoms with Gasteiger partial charge in [-0.25, -0.2) is 8.42 Å². The molecule has 1 aromatic carbocycles. The van der Waals surface area contributed by atoms with Crippen LogP contribution in [0.15, 0.2) is 29.4 Å². The predicted octanol–water partition coefficient (Wildman–Crippen LogP) is 3.27. The molecule has 0 radical (unpaired) electrons. The first kappa shape index (κ1) is 18.5. The summed E-state index contributed by atoms with van der Waals surface area (Å²) in [6.07, 6.45) is 2.66. The molecular weight excluding hydrogens is 385 g/mol. The fraction of sp³-hybridized carbons (Fsp3) is 0.438. The molecule has 0 aliphatic carbocycles. The Morgan fingerprint density at radius 3 is 2.48 bits per heavy atom. The van der Waals surface area contributed by atoms with E-state index >= 15 is 0 Å². The maximum atomic E-state index is 12.8. The lowest BCUT2D eigenvalue weighted by atomic mass is 10.1. The van der Waals surface area contributed by atoms with E-state index in [0.717, 1.165) is 0 Å². The number of rotatable bonds is 4. The van der Waals surface area contributed by atoms with E-state index in [9.17, 15) is 8.42 Å². The summed E-state index contributed by atoms with van der Waals surface area (Å²) in [6, 6.07) is 5.07. The minimum Gasteiger partial charge on any atom is -0.489 e. The lowest BCUT2D eigenvalue weighted by molar-refractivity contribution is 0.135. The van der Waals surface area contributed by atoms with Gasteiger partial charge in [0.15, 0.2) is 5.03 Å². The largest absolute Gasteiger partial charge is 0.489 e. The first-order chi connectivity index (χ1) is 11.8. The molecule has 136 valence electrons. The fourth-order valence-electron chi connectivity index (χ4n) is 2.97. The third-order valence-corrected chi connectivity index (χ3v) is 6.88. The normalized spacial score (nSPS) is 17.0. The number of hydrogen-bond acceptors (Lipinski definition) is 4. The summed E-state index contributed by atoms with van der Waals surface area (Å²) in [7, 11) is -1.92.